The summed E-state index contributed by atoms with van der Waals surface area (Å²) in [7, 11) is 0. The van der Waals surface area contributed by atoms with E-state index in [9.17, 15) is 4.79 Å². The second-order valence-electron chi connectivity index (χ2n) is 5.97. The molecule has 1 aromatic carbocycles. The minimum absolute atomic E-state index is 0.0555. The highest BCUT2D eigenvalue weighted by molar-refractivity contribution is 5.96. The Morgan fingerprint density at radius 1 is 1.17 bits per heavy atom. The number of rotatable bonds is 4. The summed E-state index contributed by atoms with van der Waals surface area (Å²) < 4.78 is 5.25. The average Bonchev–Trinajstić information content (AvgIpc) is 2.96. The predicted octanol–water partition coefficient (Wildman–Crippen LogP) is 2.50. The molecule has 0 spiro atoms. The minimum Gasteiger partial charge on any atom is -0.360 e. The quantitative estimate of drug-likeness (QED) is 0.870. The first-order chi connectivity index (χ1) is 11.2. The van der Waals surface area contributed by atoms with Crippen molar-refractivity contribution in [3.05, 3.63) is 52.9 Å². The van der Waals surface area contributed by atoms with Gasteiger partial charge in [-0.1, -0.05) is 42.4 Å². The number of hydrogen-bond donors (Lipinski definition) is 0. The van der Waals surface area contributed by atoms with Crippen LogP contribution in [-0.2, 0) is 13.0 Å². The van der Waals surface area contributed by atoms with Crippen molar-refractivity contribution in [2.24, 2.45) is 0 Å². The Bertz CT molecular complexity index is 658. The van der Waals surface area contributed by atoms with Gasteiger partial charge in [-0.25, -0.2) is 0 Å². The molecular formula is C18H23N3O2. The van der Waals surface area contributed by atoms with Gasteiger partial charge in [-0.3, -0.25) is 9.69 Å². The molecule has 1 aliphatic heterocycles. The van der Waals surface area contributed by atoms with Crippen molar-refractivity contribution < 1.29 is 9.32 Å². The highest BCUT2D eigenvalue weighted by Crippen LogP contribution is 2.18. The lowest BCUT2D eigenvalue weighted by molar-refractivity contribution is 0.0625. The number of aryl methyl sites for hydroxylation is 2. The second kappa shape index (κ2) is 6.96. The SMILES string of the molecule is CCc1onc(C)c1C(=O)N1CCN(Cc2ccccc2)CC1. The third-order valence-electron chi connectivity index (χ3n) is 4.38. The van der Waals surface area contributed by atoms with Crippen LogP contribution < -0.4 is 0 Å². The Hall–Kier alpha value is -2.14. The number of nitrogens with zero attached hydrogens (tertiary/aromatic N) is 3. The monoisotopic (exact) mass is 313 g/mol. The molecule has 5 heteroatoms. The first-order valence-corrected chi connectivity index (χ1v) is 8.19. The van der Waals surface area contributed by atoms with E-state index in [-0.39, 0.29) is 5.91 Å². The first kappa shape index (κ1) is 15.7. The van der Waals surface area contributed by atoms with Crippen LogP contribution in [-0.4, -0.2) is 47.0 Å². The molecule has 3 rings (SSSR count). The Labute approximate surface area is 136 Å². The third-order valence-corrected chi connectivity index (χ3v) is 4.38. The third kappa shape index (κ3) is 3.45. The van der Waals surface area contributed by atoms with Gasteiger partial charge in [0.2, 0.25) is 0 Å². The van der Waals surface area contributed by atoms with Crippen LogP contribution in [0.5, 0.6) is 0 Å². The smallest absolute Gasteiger partial charge is 0.259 e. The summed E-state index contributed by atoms with van der Waals surface area (Å²) in [4.78, 5) is 17.0. The molecule has 0 N–H and O–H groups in total. The normalized spacial score (nSPS) is 15.8. The van der Waals surface area contributed by atoms with Crippen molar-refractivity contribution in [2.75, 3.05) is 26.2 Å². The second-order valence-corrected chi connectivity index (χ2v) is 5.97. The van der Waals surface area contributed by atoms with Crippen LogP contribution in [0.15, 0.2) is 34.9 Å². The van der Waals surface area contributed by atoms with Gasteiger partial charge in [-0.15, -0.1) is 0 Å². The number of amides is 1. The zero-order valence-electron chi connectivity index (χ0n) is 13.8. The van der Waals surface area contributed by atoms with Gasteiger partial charge in [0.05, 0.1) is 5.69 Å². The van der Waals surface area contributed by atoms with Crippen molar-refractivity contribution >= 4 is 5.91 Å². The lowest BCUT2D eigenvalue weighted by atomic mass is 10.1. The van der Waals surface area contributed by atoms with E-state index in [1.54, 1.807) is 0 Å². The zero-order valence-corrected chi connectivity index (χ0v) is 13.8. The number of piperazine rings is 1. The largest absolute Gasteiger partial charge is 0.360 e. The summed E-state index contributed by atoms with van der Waals surface area (Å²) in [6.45, 7) is 8.04. The summed E-state index contributed by atoms with van der Waals surface area (Å²) in [6, 6.07) is 10.5. The van der Waals surface area contributed by atoms with Crippen LogP contribution in [0.2, 0.25) is 0 Å². The lowest BCUT2D eigenvalue weighted by Crippen LogP contribution is -2.48. The summed E-state index contributed by atoms with van der Waals surface area (Å²) in [5, 5.41) is 3.94. The molecule has 0 unspecified atom stereocenters. The maximum absolute atomic E-state index is 12.7. The highest BCUT2D eigenvalue weighted by Gasteiger charge is 2.27. The van der Waals surface area contributed by atoms with E-state index in [1.165, 1.54) is 5.56 Å². The fourth-order valence-corrected chi connectivity index (χ4v) is 3.04. The molecule has 0 bridgehead atoms. The van der Waals surface area contributed by atoms with Gasteiger partial charge in [0.15, 0.2) is 0 Å². The van der Waals surface area contributed by atoms with Crippen LogP contribution >= 0.6 is 0 Å². The molecule has 1 amide bonds. The van der Waals surface area contributed by atoms with Crippen LogP contribution in [0.3, 0.4) is 0 Å². The maximum Gasteiger partial charge on any atom is 0.259 e. The van der Waals surface area contributed by atoms with E-state index in [0.29, 0.717) is 23.4 Å². The molecule has 1 aliphatic rings. The van der Waals surface area contributed by atoms with E-state index in [1.807, 2.05) is 24.8 Å². The fraction of sp³-hybridized carbons (Fsp3) is 0.444. The summed E-state index contributed by atoms with van der Waals surface area (Å²) in [5.74, 6) is 0.749. The molecule has 0 aliphatic carbocycles. The van der Waals surface area contributed by atoms with Gasteiger partial charge in [-0.2, -0.15) is 0 Å². The summed E-state index contributed by atoms with van der Waals surface area (Å²) in [5.41, 5.74) is 2.66. The van der Waals surface area contributed by atoms with E-state index >= 15 is 0 Å². The molecule has 0 atom stereocenters. The van der Waals surface area contributed by atoms with Gasteiger partial charge < -0.3 is 9.42 Å². The van der Waals surface area contributed by atoms with Gasteiger partial charge >= 0.3 is 0 Å². The Balaban J connectivity index is 1.60. The predicted molar refractivity (Wildman–Crippen MR) is 88.2 cm³/mol. The van der Waals surface area contributed by atoms with Gasteiger partial charge in [0.25, 0.3) is 5.91 Å². The minimum atomic E-state index is 0.0555. The Kier molecular flexibility index (Phi) is 4.76. The molecule has 0 radical (unpaired) electrons. The Morgan fingerprint density at radius 3 is 2.52 bits per heavy atom. The van der Waals surface area contributed by atoms with E-state index < -0.39 is 0 Å². The molecule has 5 nitrogen and oxygen atoms in total. The molecule has 1 saturated heterocycles. The van der Waals surface area contributed by atoms with Crippen LogP contribution in [0.4, 0.5) is 0 Å². The number of benzene rings is 1. The Morgan fingerprint density at radius 2 is 1.87 bits per heavy atom. The zero-order chi connectivity index (χ0) is 16.2. The van der Waals surface area contributed by atoms with Crippen molar-refractivity contribution in [2.45, 2.75) is 26.8 Å². The average molecular weight is 313 g/mol. The molecule has 0 saturated carbocycles. The number of hydrogen-bond acceptors (Lipinski definition) is 4. The molecule has 2 aromatic rings. The number of aromatic nitrogens is 1. The number of carbonyl (C=O) groups is 1. The molecular weight excluding hydrogens is 290 g/mol. The van der Waals surface area contributed by atoms with E-state index in [2.05, 4.69) is 34.3 Å². The molecule has 122 valence electrons. The lowest BCUT2D eigenvalue weighted by Gasteiger charge is -2.34. The van der Waals surface area contributed by atoms with E-state index in [4.69, 9.17) is 4.52 Å². The first-order valence-electron chi connectivity index (χ1n) is 8.19. The standard InChI is InChI=1S/C18H23N3O2/c1-3-16-17(14(2)19-23-16)18(22)21-11-9-20(10-12-21)13-15-7-5-4-6-8-15/h4-8H,3,9-13H2,1-2H3. The fourth-order valence-electron chi connectivity index (χ4n) is 3.04. The molecule has 2 heterocycles. The molecule has 1 fully saturated rings. The topological polar surface area (TPSA) is 49.6 Å². The summed E-state index contributed by atoms with van der Waals surface area (Å²) >= 11 is 0. The van der Waals surface area contributed by atoms with Gasteiger partial charge in [-0.05, 0) is 12.5 Å². The molecule has 1 aromatic heterocycles. The number of carbonyl (C=O) groups excluding carboxylic acids is 1. The molecule has 23 heavy (non-hydrogen) atoms. The van der Waals surface area contributed by atoms with Crippen molar-refractivity contribution in [1.82, 2.24) is 15.0 Å². The van der Waals surface area contributed by atoms with Crippen LogP contribution in [0.1, 0.15) is 34.3 Å². The maximum atomic E-state index is 12.7. The highest BCUT2D eigenvalue weighted by atomic mass is 16.5. The van der Waals surface area contributed by atoms with E-state index in [0.717, 1.165) is 32.7 Å². The van der Waals surface area contributed by atoms with Crippen LogP contribution in [0, 0.1) is 6.92 Å². The van der Waals surface area contributed by atoms with Gasteiger partial charge in [0.1, 0.15) is 11.3 Å². The van der Waals surface area contributed by atoms with Crippen molar-refractivity contribution in [3.63, 3.8) is 0 Å². The van der Waals surface area contributed by atoms with Crippen molar-refractivity contribution in [3.8, 4) is 0 Å². The van der Waals surface area contributed by atoms with Crippen LogP contribution in [0.25, 0.3) is 0 Å². The van der Waals surface area contributed by atoms with Crippen molar-refractivity contribution in [1.29, 1.82) is 0 Å². The van der Waals surface area contributed by atoms with Gasteiger partial charge in [0, 0.05) is 39.1 Å². The summed E-state index contributed by atoms with van der Waals surface area (Å²) in [6.07, 6.45) is 0.690.